The van der Waals surface area contributed by atoms with Gasteiger partial charge < -0.3 is 0 Å². The predicted molar refractivity (Wildman–Crippen MR) is 87.4 cm³/mol. The molecule has 1 nitrogen and oxygen atoms in total. The Morgan fingerprint density at radius 2 is 1.43 bits per heavy atom. The summed E-state index contributed by atoms with van der Waals surface area (Å²) in [5.74, 6) is 0. The van der Waals surface area contributed by atoms with E-state index in [2.05, 4.69) is 4.98 Å². The van der Waals surface area contributed by atoms with Gasteiger partial charge in [-0.25, -0.2) is 9.37 Å². The Morgan fingerprint density at radius 3 is 1.86 bits per heavy atom. The van der Waals surface area contributed by atoms with E-state index in [1.807, 2.05) is 0 Å². The lowest BCUT2D eigenvalue weighted by Gasteiger charge is -2.37. The number of alkyl halides is 11. The maximum Gasteiger partial charge on any atom is 0.435 e. The van der Waals surface area contributed by atoms with Crippen molar-refractivity contribution in [1.82, 2.24) is 4.98 Å². The van der Waals surface area contributed by atoms with E-state index in [1.54, 1.807) is 0 Å². The number of nitrogens with zero attached hydrogens (tertiary/aromatic N) is 1. The summed E-state index contributed by atoms with van der Waals surface area (Å²) in [6.45, 7) is 0. The lowest BCUT2D eigenvalue weighted by molar-refractivity contribution is -0.325. The summed E-state index contributed by atoms with van der Waals surface area (Å²) in [5.41, 5.74) is -10.5. The van der Waals surface area contributed by atoms with Gasteiger partial charge in [-0.1, -0.05) is 46.3 Å². The summed E-state index contributed by atoms with van der Waals surface area (Å²) in [6, 6.07) is 2.21. The van der Waals surface area contributed by atoms with Crippen LogP contribution in [-0.2, 0) is 3.42 Å². The van der Waals surface area contributed by atoms with Crippen LogP contribution < -0.4 is 0 Å². The second-order valence-electron chi connectivity index (χ2n) is 5.61. The summed E-state index contributed by atoms with van der Waals surface area (Å²) in [7, 11) is 0. The van der Waals surface area contributed by atoms with Crippen molar-refractivity contribution in [2.75, 3.05) is 0 Å². The van der Waals surface area contributed by atoms with Gasteiger partial charge in [-0.15, -0.1) is 0 Å². The molecule has 0 saturated carbocycles. The second kappa shape index (κ2) is 7.03. The quantitative estimate of drug-likeness (QED) is 0.170. The minimum Gasteiger partial charge on any atom is -0.244 e. The van der Waals surface area contributed by atoms with E-state index in [1.165, 1.54) is 0 Å². The van der Waals surface area contributed by atoms with Crippen molar-refractivity contribution in [3.8, 4) is 0 Å². The average Bonchev–Trinajstić information content (AvgIpc) is 2.50. The Hall–Kier alpha value is -1.05. The van der Waals surface area contributed by atoms with Crippen LogP contribution >= 0.6 is 34.2 Å². The molecule has 1 radical (unpaired) electrons. The van der Waals surface area contributed by atoms with Crippen LogP contribution in [0.4, 0.5) is 43.9 Å². The van der Waals surface area contributed by atoms with Gasteiger partial charge in [0.1, 0.15) is 5.15 Å². The highest BCUT2D eigenvalue weighted by molar-refractivity contribution is 14.1. The van der Waals surface area contributed by atoms with Crippen LogP contribution in [-0.4, -0.2) is 29.2 Å². The number of aromatic nitrogens is 1. The second-order valence-corrected chi connectivity index (χ2v) is 7.75. The first-order chi connectivity index (χ1) is 12.4. The van der Waals surface area contributed by atoms with Crippen LogP contribution in [0.1, 0.15) is 5.56 Å². The molecule has 2 rings (SSSR count). The van der Waals surface area contributed by atoms with Crippen LogP contribution in [0, 0.1) is 6.42 Å². The van der Waals surface area contributed by atoms with Gasteiger partial charge in [0.25, 0.3) is 0 Å². The minimum absolute atomic E-state index is 0.104. The van der Waals surface area contributed by atoms with Crippen molar-refractivity contribution in [2.24, 2.45) is 0 Å². The fourth-order valence-electron chi connectivity index (χ4n) is 2.42. The van der Waals surface area contributed by atoms with Crippen molar-refractivity contribution in [1.29, 1.82) is 0 Å². The van der Waals surface area contributed by atoms with Crippen molar-refractivity contribution in [3.63, 3.8) is 0 Å². The number of rotatable bonds is 2. The lowest BCUT2D eigenvalue weighted by atomic mass is 9.80. The molecular weight excluding hydrogens is 547 g/mol. The van der Waals surface area contributed by atoms with E-state index < -0.39 is 50.0 Å². The average molecular weight is 553 g/mol. The molecule has 1 aliphatic rings. The van der Waals surface area contributed by atoms with E-state index in [0.29, 0.717) is 6.42 Å². The Morgan fingerprint density at radius 1 is 0.893 bits per heavy atom. The summed E-state index contributed by atoms with van der Waals surface area (Å²) >= 11 is 6.90. The van der Waals surface area contributed by atoms with Gasteiger partial charge in [-0.2, -0.15) is 39.5 Å². The first-order valence-corrected chi connectivity index (χ1v) is 8.39. The zero-order valence-electron chi connectivity index (χ0n) is 12.9. The summed E-state index contributed by atoms with van der Waals surface area (Å²) in [5, 5.41) is -0.476. The molecule has 0 bridgehead atoms. The van der Waals surface area contributed by atoms with Gasteiger partial charge in [0, 0.05) is 29.3 Å². The Balaban J connectivity index is 2.83. The third kappa shape index (κ3) is 3.98. The molecule has 155 valence electrons. The van der Waals surface area contributed by atoms with Gasteiger partial charge in [-0.3, -0.25) is 0 Å². The zero-order valence-corrected chi connectivity index (χ0v) is 15.9. The van der Waals surface area contributed by atoms with Crippen LogP contribution in [0.25, 0.3) is 0 Å². The summed E-state index contributed by atoms with van der Waals surface area (Å²) in [6.07, 6.45) is -17.5. The monoisotopic (exact) mass is 552 g/mol. The first kappa shape index (κ1) is 23.2. The SMILES string of the molecule is FC(F)(F)C1=CC(C(F)(C(F)(F)F)C(F)(F)F)=CC(I)(c2cccnc2Cl)[CH]1. The largest absolute Gasteiger partial charge is 0.435 e. The fraction of sp³-hybridized carbons (Fsp3) is 0.333. The molecule has 0 aliphatic heterocycles. The van der Waals surface area contributed by atoms with Crippen LogP contribution in [0.15, 0.2) is 41.6 Å². The number of hydrogen-bond acceptors (Lipinski definition) is 1. The Kier molecular flexibility index (Phi) is 5.83. The van der Waals surface area contributed by atoms with E-state index in [9.17, 15) is 43.9 Å². The van der Waals surface area contributed by atoms with Crippen molar-refractivity contribution in [3.05, 3.63) is 58.8 Å². The fourth-order valence-corrected chi connectivity index (χ4v) is 3.96. The number of hydrogen-bond donors (Lipinski definition) is 0. The number of allylic oxidation sites excluding steroid dienone is 4. The highest BCUT2D eigenvalue weighted by Gasteiger charge is 2.74. The minimum atomic E-state index is -6.57. The molecule has 1 aliphatic carbocycles. The van der Waals surface area contributed by atoms with Gasteiger partial charge in [0.05, 0.1) is 3.42 Å². The maximum atomic E-state index is 14.4. The van der Waals surface area contributed by atoms with Crippen LogP contribution in [0.5, 0.6) is 0 Å². The number of halogens is 12. The molecule has 0 saturated heterocycles. The standard InChI is InChI=1S/C15H6ClF10IN/c16-10-9(2-1-3-28-10)11(27)5-7(4-8(6-11)13(18,19)20)12(17,14(21,22)23)15(24,25)26/h1-6H. The van der Waals surface area contributed by atoms with E-state index in [-0.39, 0.29) is 11.6 Å². The van der Waals surface area contributed by atoms with Crippen molar-refractivity contribution in [2.45, 2.75) is 27.6 Å². The van der Waals surface area contributed by atoms with Crippen molar-refractivity contribution < 1.29 is 43.9 Å². The van der Waals surface area contributed by atoms with E-state index in [0.717, 1.165) is 40.9 Å². The van der Waals surface area contributed by atoms with Gasteiger partial charge in [0.2, 0.25) is 0 Å². The molecule has 1 unspecified atom stereocenters. The lowest BCUT2D eigenvalue weighted by Crippen LogP contribution is -2.55. The van der Waals surface area contributed by atoms with Gasteiger partial charge in [-0.05, 0) is 12.1 Å². The highest BCUT2D eigenvalue weighted by atomic mass is 127. The highest BCUT2D eigenvalue weighted by Crippen LogP contribution is 2.56. The molecular formula is C15H6ClF10IN. The topological polar surface area (TPSA) is 12.9 Å². The van der Waals surface area contributed by atoms with Crippen LogP contribution in [0.3, 0.4) is 0 Å². The third-order valence-electron chi connectivity index (χ3n) is 3.72. The Labute approximate surface area is 169 Å². The van der Waals surface area contributed by atoms with Gasteiger partial charge >= 0.3 is 24.2 Å². The molecule has 1 atom stereocenters. The van der Waals surface area contributed by atoms with Crippen molar-refractivity contribution >= 4 is 34.2 Å². The molecule has 28 heavy (non-hydrogen) atoms. The zero-order chi connectivity index (χ0) is 21.8. The molecule has 0 spiro atoms. The molecule has 1 aromatic rings. The number of pyridine rings is 1. The molecule has 1 heterocycles. The summed E-state index contributed by atoms with van der Waals surface area (Å²) in [4.78, 5) is 3.54. The van der Waals surface area contributed by atoms with Gasteiger partial charge in [0.15, 0.2) is 0 Å². The molecule has 0 N–H and O–H groups in total. The predicted octanol–water partition coefficient (Wildman–Crippen LogP) is 6.83. The maximum absolute atomic E-state index is 14.4. The smallest absolute Gasteiger partial charge is 0.244 e. The normalized spacial score (nSPS) is 22.0. The van der Waals surface area contributed by atoms with E-state index >= 15 is 0 Å². The molecule has 1 aromatic heterocycles. The van der Waals surface area contributed by atoms with Crippen LogP contribution in [0.2, 0.25) is 5.15 Å². The summed E-state index contributed by atoms with van der Waals surface area (Å²) < 4.78 is 130. The molecule has 0 amide bonds. The first-order valence-electron chi connectivity index (χ1n) is 6.94. The molecule has 13 heteroatoms. The molecule has 0 aromatic carbocycles. The third-order valence-corrected chi connectivity index (χ3v) is 5.23. The van der Waals surface area contributed by atoms with E-state index in [4.69, 9.17) is 11.6 Å². The Bertz CT molecular complexity index is 809. The molecule has 0 fully saturated rings.